The molecular formula is C16H12F6N2O. The summed E-state index contributed by atoms with van der Waals surface area (Å²) in [4.78, 5) is 15.7. The molecule has 1 aromatic heterocycles. The molecule has 9 heteroatoms. The van der Waals surface area contributed by atoms with Crippen LogP contribution in [0.15, 0.2) is 42.7 Å². The van der Waals surface area contributed by atoms with Crippen LogP contribution in [0.3, 0.4) is 0 Å². The summed E-state index contributed by atoms with van der Waals surface area (Å²) < 4.78 is 76.5. The molecule has 1 heterocycles. The number of amides is 1. The number of halogens is 6. The predicted molar refractivity (Wildman–Crippen MR) is 77.6 cm³/mol. The summed E-state index contributed by atoms with van der Waals surface area (Å²) >= 11 is 0. The van der Waals surface area contributed by atoms with Gasteiger partial charge < -0.3 is 5.32 Å². The molecule has 0 aliphatic heterocycles. The summed E-state index contributed by atoms with van der Waals surface area (Å²) in [6.07, 6.45) is -6.73. The number of hydrogen-bond acceptors (Lipinski definition) is 2. The lowest BCUT2D eigenvalue weighted by Gasteiger charge is -2.14. The SMILES string of the molecule is O=C(CCc1cccnc1)Nc1cc(C(F)(F)F)cc(C(F)(F)F)c1. The first-order valence-corrected chi connectivity index (χ1v) is 7.04. The van der Waals surface area contributed by atoms with Crippen molar-refractivity contribution < 1.29 is 31.1 Å². The van der Waals surface area contributed by atoms with Gasteiger partial charge in [-0.25, -0.2) is 0 Å². The highest BCUT2D eigenvalue weighted by Gasteiger charge is 2.37. The molecule has 0 saturated heterocycles. The maximum Gasteiger partial charge on any atom is 0.416 e. The number of nitrogens with one attached hydrogen (secondary N) is 1. The summed E-state index contributed by atoms with van der Waals surface area (Å²) in [6, 6.07) is 4.29. The molecule has 0 fully saturated rings. The maximum absolute atomic E-state index is 12.8. The van der Waals surface area contributed by atoms with Gasteiger partial charge in [0.15, 0.2) is 0 Å². The van der Waals surface area contributed by atoms with Gasteiger partial charge in [-0.1, -0.05) is 6.07 Å². The molecule has 2 rings (SSSR count). The van der Waals surface area contributed by atoms with Gasteiger partial charge in [0, 0.05) is 24.5 Å². The quantitative estimate of drug-likeness (QED) is 0.802. The van der Waals surface area contributed by atoms with Gasteiger partial charge in [0.1, 0.15) is 0 Å². The molecular weight excluding hydrogens is 350 g/mol. The average molecular weight is 362 g/mol. The van der Waals surface area contributed by atoms with E-state index in [4.69, 9.17) is 0 Å². The largest absolute Gasteiger partial charge is 0.416 e. The number of carbonyl (C=O) groups is 1. The van der Waals surface area contributed by atoms with Crippen LogP contribution in [0.1, 0.15) is 23.1 Å². The van der Waals surface area contributed by atoms with Crippen LogP contribution in [-0.4, -0.2) is 10.9 Å². The van der Waals surface area contributed by atoms with Crippen molar-refractivity contribution >= 4 is 11.6 Å². The molecule has 0 atom stereocenters. The second kappa shape index (κ2) is 7.12. The van der Waals surface area contributed by atoms with Crippen LogP contribution in [0.5, 0.6) is 0 Å². The molecule has 0 aliphatic rings. The number of rotatable bonds is 4. The number of aromatic nitrogens is 1. The monoisotopic (exact) mass is 362 g/mol. The molecule has 1 amide bonds. The van der Waals surface area contributed by atoms with E-state index in [9.17, 15) is 31.1 Å². The van der Waals surface area contributed by atoms with Gasteiger partial charge in [0.05, 0.1) is 11.1 Å². The zero-order valence-corrected chi connectivity index (χ0v) is 12.6. The van der Waals surface area contributed by atoms with Crippen LogP contribution in [-0.2, 0) is 23.6 Å². The van der Waals surface area contributed by atoms with Crippen LogP contribution in [0, 0.1) is 0 Å². The molecule has 0 radical (unpaired) electrons. The summed E-state index contributed by atoms with van der Waals surface area (Å²) in [6.45, 7) is 0. The Hall–Kier alpha value is -2.58. The zero-order valence-electron chi connectivity index (χ0n) is 12.6. The number of carbonyl (C=O) groups excluding carboxylic acids is 1. The molecule has 0 unspecified atom stereocenters. The Morgan fingerprint density at radius 2 is 1.60 bits per heavy atom. The molecule has 25 heavy (non-hydrogen) atoms. The van der Waals surface area contributed by atoms with Crippen LogP contribution >= 0.6 is 0 Å². The molecule has 1 N–H and O–H groups in total. The van der Waals surface area contributed by atoms with E-state index in [1.165, 1.54) is 12.4 Å². The summed E-state index contributed by atoms with van der Waals surface area (Å²) in [7, 11) is 0. The van der Waals surface area contributed by atoms with Crippen molar-refractivity contribution in [3.63, 3.8) is 0 Å². The van der Waals surface area contributed by atoms with E-state index in [1.807, 2.05) is 0 Å². The van der Waals surface area contributed by atoms with Crippen LogP contribution in [0.2, 0.25) is 0 Å². The normalized spacial score (nSPS) is 12.1. The fourth-order valence-electron chi connectivity index (χ4n) is 2.05. The van der Waals surface area contributed by atoms with Crippen LogP contribution in [0.4, 0.5) is 32.0 Å². The lowest BCUT2D eigenvalue weighted by atomic mass is 10.1. The van der Waals surface area contributed by atoms with E-state index in [2.05, 4.69) is 10.3 Å². The van der Waals surface area contributed by atoms with E-state index >= 15 is 0 Å². The minimum atomic E-state index is -4.96. The number of nitrogens with zero attached hydrogens (tertiary/aromatic N) is 1. The standard InChI is InChI=1S/C16H12F6N2O/c17-15(18,19)11-6-12(16(20,21)22)8-13(7-11)24-14(25)4-3-10-2-1-5-23-9-10/h1-2,5-9H,3-4H2,(H,24,25). The smallest absolute Gasteiger partial charge is 0.326 e. The molecule has 3 nitrogen and oxygen atoms in total. The van der Waals surface area contributed by atoms with E-state index < -0.39 is 35.1 Å². The maximum atomic E-state index is 12.8. The third kappa shape index (κ3) is 5.47. The predicted octanol–water partition coefficient (Wildman–Crippen LogP) is 4.69. The number of aryl methyl sites for hydroxylation is 1. The van der Waals surface area contributed by atoms with Crippen molar-refractivity contribution in [3.8, 4) is 0 Å². The van der Waals surface area contributed by atoms with E-state index in [1.54, 1.807) is 12.1 Å². The first-order chi connectivity index (χ1) is 11.6. The van der Waals surface area contributed by atoms with Crippen LogP contribution < -0.4 is 5.32 Å². The Labute approximate surface area is 138 Å². The topological polar surface area (TPSA) is 42.0 Å². The summed E-state index contributed by atoms with van der Waals surface area (Å²) in [5, 5.41) is 2.08. The van der Waals surface area contributed by atoms with Crippen molar-refractivity contribution in [1.82, 2.24) is 4.98 Å². The molecule has 1 aromatic carbocycles. The first kappa shape index (κ1) is 18.8. The highest BCUT2D eigenvalue weighted by Crippen LogP contribution is 2.37. The van der Waals surface area contributed by atoms with Gasteiger partial charge in [-0.2, -0.15) is 26.3 Å². The number of anilines is 1. The molecule has 0 aliphatic carbocycles. The fraction of sp³-hybridized carbons (Fsp3) is 0.250. The highest BCUT2D eigenvalue weighted by atomic mass is 19.4. The average Bonchev–Trinajstić information content (AvgIpc) is 2.52. The Kier molecular flexibility index (Phi) is 5.34. The number of pyridine rings is 1. The van der Waals surface area contributed by atoms with Crippen molar-refractivity contribution in [2.45, 2.75) is 25.2 Å². The van der Waals surface area contributed by atoms with Crippen molar-refractivity contribution in [2.75, 3.05) is 5.32 Å². The second-order valence-corrected chi connectivity index (χ2v) is 5.20. The van der Waals surface area contributed by atoms with E-state index in [0.717, 1.165) is 5.56 Å². The van der Waals surface area contributed by atoms with Gasteiger partial charge in [0.25, 0.3) is 0 Å². The third-order valence-electron chi connectivity index (χ3n) is 3.23. The Morgan fingerprint density at radius 3 is 2.08 bits per heavy atom. The molecule has 134 valence electrons. The second-order valence-electron chi connectivity index (χ2n) is 5.20. The summed E-state index contributed by atoms with van der Waals surface area (Å²) in [5.41, 5.74) is -2.80. The van der Waals surface area contributed by atoms with Gasteiger partial charge >= 0.3 is 12.4 Å². The van der Waals surface area contributed by atoms with Crippen molar-refractivity contribution in [3.05, 3.63) is 59.4 Å². The molecule has 0 spiro atoms. The molecule has 0 saturated carbocycles. The Bertz CT molecular complexity index is 708. The minimum absolute atomic E-state index is 0.00525. The Balaban J connectivity index is 2.16. The van der Waals surface area contributed by atoms with Gasteiger partial charge in [-0.3, -0.25) is 9.78 Å². The fourth-order valence-corrected chi connectivity index (χ4v) is 2.05. The number of hydrogen-bond donors (Lipinski definition) is 1. The number of alkyl halides is 6. The highest BCUT2D eigenvalue weighted by molar-refractivity contribution is 5.91. The minimum Gasteiger partial charge on any atom is -0.326 e. The first-order valence-electron chi connectivity index (χ1n) is 7.04. The van der Waals surface area contributed by atoms with E-state index in [0.29, 0.717) is 12.1 Å². The van der Waals surface area contributed by atoms with Crippen LogP contribution in [0.25, 0.3) is 0 Å². The zero-order chi connectivity index (χ0) is 18.7. The van der Waals surface area contributed by atoms with Crippen molar-refractivity contribution in [2.24, 2.45) is 0 Å². The van der Waals surface area contributed by atoms with Gasteiger partial charge in [-0.15, -0.1) is 0 Å². The molecule has 0 bridgehead atoms. The Morgan fingerprint density at radius 1 is 1.00 bits per heavy atom. The lowest BCUT2D eigenvalue weighted by molar-refractivity contribution is -0.143. The third-order valence-corrected chi connectivity index (χ3v) is 3.23. The lowest BCUT2D eigenvalue weighted by Crippen LogP contribution is -2.16. The summed E-state index contributed by atoms with van der Waals surface area (Å²) in [5.74, 6) is -0.698. The number of benzene rings is 1. The van der Waals surface area contributed by atoms with Gasteiger partial charge in [-0.05, 0) is 36.2 Å². The molecule has 2 aromatic rings. The van der Waals surface area contributed by atoms with Crippen molar-refractivity contribution in [1.29, 1.82) is 0 Å². The van der Waals surface area contributed by atoms with E-state index in [-0.39, 0.29) is 18.9 Å². The van der Waals surface area contributed by atoms with Gasteiger partial charge in [0.2, 0.25) is 5.91 Å².